The van der Waals surface area contributed by atoms with Crippen molar-refractivity contribution in [2.75, 3.05) is 19.6 Å². The molecule has 1 aromatic carbocycles. The highest BCUT2D eigenvalue weighted by molar-refractivity contribution is 5.77. The fourth-order valence-electron chi connectivity index (χ4n) is 5.60. The van der Waals surface area contributed by atoms with Gasteiger partial charge in [-0.15, -0.1) is 0 Å². The number of piperidine rings is 1. The highest BCUT2D eigenvalue weighted by Crippen LogP contribution is 2.46. The summed E-state index contributed by atoms with van der Waals surface area (Å²) in [4.78, 5) is 27.4. The van der Waals surface area contributed by atoms with Crippen LogP contribution in [0, 0.1) is 11.8 Å². The molecule has 4 rings (SSSR count). The van der Waals surface area contributed by atoms with Crippen molar-refractivity contribution in [2.24, 2.45) is 11.8 Å². The van der Waals surface area contributed by atoms with E-state index >= 15 is 0 Å². The van der Waals surface area contributed by atoms with Crippen LogP contribution in [0.15, 0.2) is 24.3 Å². The number of amides is 2. The second kappa shape index (κ2) is 9.62. The van der Waals surface area contributed by atoms with E-state index in [4.69, 9.17) is 4.74 Å². The van der Waals surface area contributed by atoms with Gasteiger partial charge in [0.1, 0.15) is 11.4 Å². The summed E-state index contributed by atoms with van der Waals surface area (Å²) in [6, 6.07) is 8.17. The first-order chi connectivity index (χ1) is 14.9. The third-order valence-electron chi connectivity index (χ3n) is 7.41. The lowest BCUT2D eigenvalue weighted by atomic mass is 9.76. The van der Waals surface area contributed by atoms with Gasteiger partial charge in [-0.25, -0.2) is 0 Å². The Kier molecular flexibility index (Phi) is 6.88. The van der Waals surface area contributed by atoms with Crippen molar-refractivity contribution in [1.82, 2.24) is 10.2 Å². The molecule has 170 valence electrons. The van der Waals surface area contributed by atoms with Crippen LogP contribution in [0.5, 0.6) is 5.75 Å². The summed E-state index contributed by atoms with van der Waals surface area (Å²) < 4.78 is 6.56. The summed E-state index contributed by atoms with van der Waals surface area (Å²) in [7, 11) is 0. The van der Waals surface area contributed by atoms with Crippen LogP contribution in [0.4, 0.5) is 0 Å². The van der Waals surface area contributed by atoms with Crippen molar-refractivity contribution in [3.05, 3.63) is 29.8 Å². The first kappa shape index (κ1) is 22.2. The van der Waals surface area contributed by atoms with Gasteiger partial charge in [0, 0.05) is 51.2 Å². The first-order valence-corrected chi connectivity index (χ1v) is 12.3. The maximum Gasteiger partial charge on any atom is 0.222 e. The van der Waals surface area contributed by atoms with Gasteiger partial charge in [0.15, 0.2) is 0 Å². The van der Waals surface area contributed by atoms with E-state index < -0.39 is 0 Å². The van der Waals surface area contributed by atoms with Gasteiger partial charge in [0.25, 0.3) is 0 Å². The van der Waals surface area contributed by atoms with Crippen LogP contribution in [0.25, 0.3) is 0 Å². The number of carbonyl (C=O) groups is 2. The van der Waals surface area contributed by atoms with E-state index in [1.165, 1.54) is 25.7 Å². The van der Waals surface area contributed by atoms with Gasteiger partial charge in [-0.05, 0) is 42.7 Å². The molecule has 1 spiro atoms. The lowest BCUT2D eigenvalue weighted by Gasteiger charge is -2.47. The summed E-state index contributed by atoms with van der Waals surface area (Å²) in [5, 5.41) is 3.08. The fourth-order valence-corrected chi connectivity index (χ4v) is 5.60. The number of benzene rings is 1. The Morgan fingerprint density at radius 2 is 1.84 bits per heavy atom. The van der Waals surface area contributed by atoms with Gasteiger partial charge >= 0.3 is 0 Å². The molecule has 5 heteroatoms. The highest BCUT2D eigenvalue weighted by Gasteiger charge is 2.44. The summed E-state index contributed by atoms with van der Waals surface area (Å²) in [6.07, 6.45) is 8.75. The van der Waals surface area contributed by atoms with Crippen LogP contribution in [-0.2, 0) is 9.59 Å². The third kappa shape index (κ3) is 5.42. The minimum Gasteiger partial charge on any atom is -0.487 e. The maximum absolute atomic E-state index is 12.8. The maximum atomic E-state index is 12.8. The number of para-hydroxylation sites is 1. The largest absolute Gasteiger partial charge is 0.487 e. The SMILES string of the molecule is CC(C)CNC(=O)C[C@@H]1CC2(CCN(C(=O)CC3CCCC3)CC2)Oc2ccccc21. The Morgan fingerprint density at radius 3 is 2.55 bits per heavy atom. The minimum atomic E-state index is -0.262. The molecule has 3 aliphatic rings. The second-order valence-corrected chi connectivity index (χ2v) is 10.4. The summed E-state index contributed by atoms with van der Waals surface area (Å²) in [5.41, 5.74) is 0.883. The molecule has 2 fully saturated rings. The Labute approximate surface area is 186 Å². The van der Waals surface area contributed by atoms with Crippen LogP contribution in [0.3, 0.4) is 0 Å². The lowest BCUT2D eigenvalue weighted by Crippen LogP contribution is -2.52. The number of rotatable bonds is 6. The van der Waals surface area contributed by atoms with Crippen molar-refractivity contribution >= 4 is 11.8 Å². The van der Waals surface area contributed by atoms with E-state index in [2.05, 4.69) is 30.1 Å². The number of ether oxygens (including phenoxy) is 1. The predicted octanol–water partition coefficient (Wildman–Crippen LogP) is 4.66. The minimum absolute atomic E-state index is 0.120. The zero-order valence-electron chi connectivity index (χ0n) is 19.2. The molecule has 1 atom stereocenters. The van der Waals surface area contributed by atoms with E-state index in [1.807, 2.05) is 18.2 Å². The van der Waals surface area contributed by atoms with Crippen molar-refractivity contribution in [2.45, 2.75) is 83.2 Å². The Bertz CT molecular complexity index is 777. The van der Waals surface area contributed by atoms with Crippen molar-refractivity contribution in [3.8, 4) is 5.75 Å². The van der Waals surface area contributed by atoms with E-state index in [0.717, 1.165) is 50.1 Å². The first-order valence-electron chi connectivity index (χ1n) is 12.3. The molecule has 2 aliphatic heterocycles. The van der Waals surface area contributed by atoms with Gasteiger partial charge in [-0.3, -0.25) is 9.59 Å². The smallest absolute Gasteiger partial charge is 0.222 e. The normalized spacial score (nSPS) is 22.9. The van der Waals surface area contributed by atoms with Crippen LogP contribution in [-0.4, -0.2) is 41.9 Å². The van der Waals surface area contributed by atoms with Crippen LogP contribution in [0.1, 0.15) is 83.1 Å². The third-order valence-corrected chi connectivity index (χ3v) is 7.41. The molecule has 0 aromatic heterocycles. The Balaban J connectivity index is 1.40. The van der Waals surface area contributed by atoms with E-state index in [0.29, 0.717) is 30.7 Å². The quantitative estimate of drug-likeness (QED) is 0.720. The van der Waals surface area contributed by atoms with Crippen LogP contribution >= 0.6 is 0 Å². The van der Waals surface area contributed by atoms with E-state index in [9.17, 15) is 9.59 Å². The molecule has 2 amide bonds. The van der Waals surface area contributed by atoms with Gasteiger partial charge in [-0.1, -0.05) is 44.9 Å². The zero-order chi connectivity index (χ0) is 21.8. The molecule has 1 saturated heterocycles. The Hall–Kier alpha value is -2.04. The molecular weight excluding hydrogens is 388 g/mol. The monoisotopic (exact) mass is 426 g/mol. The number of nitrogens with zero attached hydrogens (tertiary/aromatic N) is 1. The number of carbonyl (C=O) groups excluding carboxylic acids is 2. The van der Waals surface area contributed by atoms with Crippen molar-refractivity contribution < 1.29 is 14.3 Å². The molecule has 0 unspecified atom stereocenters. The van der Waals surface area contributed by atoms with Crippen LogP contribution in [0.2, 0.25) is 0 Å². The Morgan fingerprint density at radius 1 is 1.13 bits per heavy atom. The van der Waals surface area contributed by atoms with Crippen LogP contribution < -0.4 is 10.1 Å². The van der Waals surface area contributed by atoms with Gasteiger partial charge < -0.3 is 15.0 Å². The van der Waals surface area contributed by atoms with E-state index in [-0.39, 0.29) is 17.4 Å². The fraction of sp³-hybridized carbons (Fsp3) is 0.692. The number of hydrogen-bond donors (Lipinski definition) is 1. The second-order valence-electron chi connectivity index (χ2n) is 10.4. The number of fused-ring (bicyclic) bond motifs is 1. The van der Waals surface area contributed by atoms with Gasteiger partial charge in [0.05, 0.1) is 0 Å². The molecule has 31 heavy (non-hydrogen) atoms. The number of hydrogen-bond acceptors (Lipinski definition) is 3. The predicted molar refractivity (Wildman–Crippen MR) is 122 cm³/mol. The van der Waals surface area contributed by atoms with E-state index in [1.54, 1.807) is 0 Å². The molecule has 0 radical (unpaired) electrons. The summed E-state index contributed by atoms with van der Waals surface area (Å²) in [5.74, 6) is 2.56. The molecule has 5 nitrogen and oxygen atoms in total. The molecule has 1 saturated carbocycles. The lowest BCUT2D eigenvalue weighted by molar-refractivity contribution is -0.136. The van der Waals surface area contributed by atoms with Gasteiger partial charge in [-0.2, -0.15) is 0 Å². The molecule has 1 aliphatic carbocycles. The molecule has 2 heterocycles. The topological polar surface area (TPSA) is 58.6 Å². The number of nitrogens with one attached hydrogen (secondary N) is 1. The molecular formula is C26H38N2O3. The number of likely N-dealkylation sites (tertiary alicyclic amines) is 1. The average molecular weight is 427 g/mol. The zero-order valence-corrected chi connectivity index (χ0v) is 19.2. The van der Waals surface area contributed by atoms with Crippen molar-refractivity contribution in [3.63, 3.8) is 0 Å². The standard InChI is InChI=1S/C26H38N2O3/c1-19(2)18-27-24(29)16-21-17-26(31-23-10-6-5-9-22(21)23)11-13-28(14-12-26)25(30)15-20-7-3-4-8-20/h5-6,9-10,19-21H,3-4,7-8,11-18H2,1-2H3,(H,27,29)/t21-/m1/s1. The summed E-state index contributed by atoms with van der Waals surface area (Å²) >= 11 is 0. The molecule has 1 aromatic rings. The molecule has 0 bridgehead atoms. The summed E-state index contributed by atoms with van der Waals surface area (Å²) in [6.45, 7) is 6.47. The van der Waals surface area contributed by atoms with Crippen molar-refractivity contribution in [1.29, 1.82) is 0 Å². The molecule has 1 N–H and O–H groups in total. The highest BCUT2D eigenvalue weighted by atomic mass is 16.5. The average Bonchev–Trinajstić information content (AvgIpc) is 3.26. The van der Waals surface area contributed by atoms with Gasteiger partial charge in [0.2, 0.25) is 11.8 Å².